The summed E-state index contributed by atoms with van der Waals surface area (Å²) in [7, 11) is 9.40. The average Bonchev–Trinajstić information content (AvgIpc) is 3.11. The normalized spacial score (nSPS) is 10.8. The van der Waals surface area contributed by atoms with Crippen LogP contribution in [0.1, 0.15) is 25.2 Å². The smallest absolute Gasteiger partial charge is 0.332 e. The molecule has 0 radical (unpaired) electrons. The molecule has 0 saturated carbocycles. The van der Waals surface area contributed by atoms with Gasteiger partial charge in [0.1, 0.15) is 5.82 Å². The van der Waals surface area contributed by atoms with Gasteiger partial charge in [0.2, 0.25) is 5.75 Å². The number of hydrogen-bond donors (Lipinski definition) is 0. The van der Waals surface area contributed by atoms with E-state index in [2.05, 4.69) is 4.98 Å². The zero-order valence-corrected chi connectivity index (χ0v) is 18.6. The zero-order valence-electron chi connectivity index (χ0n) is 18.6. The Hall–Kier alpha value is -3.49. The molecule has 2 heterocycles. The van der Waals surface area contributed by atoms with Crippen LogP contribution >= 0.6 is 0 Å². The van der Waals surface area contributed by atoms with E-state index < -0.39 is 5.69 Å². The first-order valence-electron chi connectivity index (χ1n) is 9.44. The summed E-state index contributed by atoms with van der Waals surface area (Å²) < 4.78 is 20.1. The SMILES string of the molecule is CC.COc1cc(/C=C/c2nc3c(c(=O)n(C)c(=O)n3C)n2C)cc(OC)c1OC. The van der Waals surface area contributed by atoms with Crippen molar-refractivity contribution in [3.05, 3.63) is 44.4 Å². The summed E-state index contributed by atoms with van der Waals surface area (Å²) in [6.45, 7) is 4.00. The Morgan fingerprint density at radius 3 is 1.90 bits per heavy atom. The molecule has 0 aliphatic rings. The lowest BCUT2D eigenvalue weighted by Crippen LogP contribution is -2.37. The third-order valence-electron chi connectivity index (χ3n) is 4.62. The quantitative estimate of drug-likeness (QED) is 0.633. The van der Waals surface area contributed by atoms with Crippen LogP contribution in [0.4, 0.5) is 0 Å². The molecule has 2 aromatic heterocycles. The molecule has 0 fully saturated rings. The highest BCUT2D eigenvalue weighted by atomic mass is 16.5. The lowest BCUT2D eigenvalue weighted by molar-refractivity contribution is 0.324. The molecular formula is C21H28N4O5. The molecule has 0 aliphatic carbocycles. The Balaban J connectivity index is 0.00000155. The number of imidazole rings is 1. The number of aryl methyl sites for hydroxylation is 2. The van der Waals surface area contributed by atoms with Crippen molar-refractivity contribution in [1.29, 1.82) is 0 Å². The van der Waals surface area contributed by atoms with Crippen LogP contribution in [-0.4, -0.2) is 40.0 Å². The van der Waals surface area contributed by atoms with E-state index >= 15 is 0 Å². The molecule has 0 atom stereocenters. The van der Waals surface area contributed by atoms with Crippen LogP contribution in [0.5, 0.6) is 17.2 Å². The minimum absolute atomic E-state index is 0.333. The van der Waals surface area contributed by atoms with E-state index in [9.17, 15) is 9.59 Å². The van der Waals surface area contributed by atoms with Crippen LogP contribution in [0.2, 0.25) is 0 Å². The van der Waals surface area contributed by atoms with Crippen LogP contribution in [0.25, 0.3) is 23.3 Å². The van der Waals surface area contributed by atoms with Crippen molar-refractivity contribution < 1.29 is 14.2 Å². The lowest BCUT2D eigenvalue weighted by Gasteiger charge is -2.12. The molecule has 0 amide bonds. The first kappa shape index (κ1) is 22.8. The Bertz CT molecular complexity index is 1180. The third-order valence-corrected chi connectivity index (χ3v) is 4.62. The molecule has 0 bridgehead atoms. The second-order valence-corrected chi connectivity index (χ2v) is 6.20. The minimum Gasteiger partial charge on any atom is -0.493 e. The van der Waals surface area contributed by atoms with E-state index in [-0.39, 0.29) is 5.56 Å². The molecule has 3 rings (SSSR count). The number of rotatable bonds is 5. The molecule has 3 aromatic rings. The minimum atomic E-state index is -0.421. The number of nitrogens with zero attached hydrogens (tertiary/aromatic N) is 4. The predicted octanol–water partition coefficient (Wildman–Crippen LogP) is 2.19. The molecule has 30 heavy (non-hydrogen) atoms. The average molecular weight is 416 g/mol. The molecule has 9 nitrogen and oxygen atoms in total. The monoisotopic (exact) mass is 416 g/mol. The summed E-state index contributed by atoms with van der Waals surface area (Å²) in [5.41, 5.74) is 0.675. The molecule has 0 N–H and O–H groups in total. The van der Waals surface area contributed by atoms with E-state index in [0.29, 0.717) is 34.2 Å². The summed E-state index contributed by atoms with van der Waals surface area (Å²) >= 11 is 0. The molecule has 162 valence electrons. The Labute approximate surface area is 174 Å². The fraction of sp³-hybridized carbons (Fsp3) is 0.381. The van der Waals surface area contributed by atoms with Crippen LogP contribution in [0.3, 0.4) is 0 Å². The second-order valence-electron chi connectivity index (χ2n) is 6.20. The van der Waals surface area contributed by atoms with Crippen molar-refractivity contribution in [3.8, 4) is 17.2 Å². The van der Waals surface area contributed by atoms with Crippen molar-refractivity contribution in [2.75, 3.05) is 21.3 Å². The topological polar surface area (TPSA) is 89.5 Å². The van der Waals surface area contributed by atoms with Gasteiger partial charge in [-0.3, -0.25) is 13.9 Å². The van der Waals surface area contributed by atoms with E-state index in [4.69, 9.17) is 14.2 Å². The van der Waals surface area contributed by atoms with Gasteiger partial charge in [-0.15, -0.1) is 0 Å². The van der Waals surface area contributed by atoms with Crippen LogP contribution in [0, 0.1) is 0 Å². The number of fused-ring (bicyclic) bond motifs is 1. The Morgan fingerprint density at radius 2 is 1.40 bits per heavy atom. The maximum atomic E-state index is 12.5. The fourth-order valence-electron chi connectivity index (χ4n) is 3.05. The molecule has 0 spiro atoms. The number of aromatic nitrogens is 4. The van der Waals surface area contributed by atoms with Crippen LogP contribution in [-0.2, 0) is 21.1 Å². The van der Waals surface area contributed by atoms with Gasteiger partial charge in [-0.2, -0.15) is 0 Å². The number of hydrogen-bond acceptors (Lipinski definition) is 6. The van der Waals surface area contributed by atoms with Crippen LogP contribution < -0.4 is 25.5 Å². The van der Waals surface area contributed by atoms with Gasteiger partial charge < -0.3 is 18.8 Å². The fourth-order valence-corrected chi connectivity index (χ4v) is 3.05. The maximum Gasteiger partial charge on any atom is 0.332 e. The number of benzene rings is 1. The largest absolute Gasteiger partial charge is 0.493 e. The molecule has 0 saturated heterocycles. The van der Waals surface area contributed by atoms with Gasteiger partial charge in [-0.05, 0) is 23.8 Å². The zero-order chi connectivity index (χ0) is 22.6. The predicted molar refractivity (Wildman–Crippen MR) is 118 cm³/mol. The standard InChI is InChI=1S/C19H22N4O5.C2H6/c1-21-14(20-17-15(21)18(24)23(3)19(25)22(17)2)8-7-11-9-12(26-4)16(28-6)13(10-11)27-5;1-2/h7-10H,1-6H3;1-2H3/b8-7+;. The highest BCUT2D eigenvalue weighted by molar-refractivity contribution is 5.77. The van der Waals surface area contributed by atoms with Crippen molar-refractivity contribution in [2.45, 2.75) is 13.8 Å². The summed E-state index contributed by atoms with van der Waals surface area (Å²) in [6, 6.07) is 3.60. The molecule has 1 aromatic carbocycles. The summed E-state index contributed by atoms with van der Waals surface area (Å²) in [5.74, 6) is 2.09. The second kappa shape index (κ2) is 9.34. The summed E-state index contributed by atoms with van der Waals surface area (Å²) in [5, 5.41) is 0. The van der Waals surface area contributed by atoms with Crippen molar-refractivity contribution >= 4 is 23.3 Å². The molecular weight excluding hydrogens is 388 g/mol. The highest BCUT2D eigenvalue weighted by Crippen LogP contribution is 2.38. The lowest BCUT2D eigenvalue weighted by atomic mass is 10.1. The third kappa shape index (κ3) is 3.83. The van der Waals surface area contributed by atoms with E-state index in [1.165, 1.54) is 11.6 Å². The first-order valence-corrected chi connectivity index (χ1v) is 9.44. The Kier molecular flexibility index (Phi) is 7.10. The van der Waals surface area contributed by atoms with E-state index in [1.807, 2.05) is 19.9 Å². The molecule has 9 heteroatoms. The number of methoxy groups -OCH3 is 3. The van der Waals surface area contributed by atoms with Gasteiger partial charge in [0.05, 0.1) is 21.3 Å². The van der Waals surface area contributed by atoms with Crippen molar-refractivity contribution in [2.24, 2.45) is 21.1 Å². The van der Waals surface area contributed by atoms with Gasteiger partial charge in [-0.1, -0.05) is 19.9 Å². The molecule has 0 aliphatic heterocycles. The summed E-state index contributed by atoms with van der Waals surface area (Å²) in [4.78, 5) is 29.0. The van der Waals surface area contributed by atoms with Crippen molar-refractivity contribution in [3.63, 3.8) is 0 Å². The first-order chi connectivity index (χ1) is 14.3. The van der Waals surface area contributed by atoms with Gasteiger partial charge in [-0.25, -0.2) is 9.78 Å². The maximum absolute atomic E-state index is 12.5. The number of ether oxygens (including phenoxy) is 3. The Morgan fingerprint density at radius 1 is 0.833 bits per heavy atom. The van der Waals surface area contributed by atoms with E-state index in [0.717, 1.165) is 10.1 Å². The van der Waals surface area contributed by atoms with Crippen LogP contribution in [0.15, 0.2) is 21.7 Å². The van der Waals surface area contributed by atoms with Gasteiger partial charge >= 0.3 is 5.69 Å². The van der Waals surface area contributed by atoms with Gasteiger partial charge in [0, 0.05) is 21.1 Å². The van der Waals surface area contributed by atoms with Gasteiger partial charge in [0.25, 0.3) is 5.56 Å². The summed E-state index contributed by atoms with van der Waals surface area (Å²) in [6.07, 6.45) is 3.57. The van der Waals surface area contributed by atoms with Gasteiger partial charge in [0.15, 0.2) is 22.7 Å². The highest BCUT2D eigenvalue weighted by Gasteiger charge is 2.16. The molecule has 0 unspecified atom stereocenters. The van der Waals surface area contributed by atoms with E-state index in [1.54, 1.807) is 58.2 Å². The van der Waals surface area contributed by atoms with Crippen molar-refractivity contribution in [1.82, 2.24) is 18.7 Å².